The Morgan fingerprint density at radius 3 is 1.35 bits per heavy atom. The first kappa shape index (κ1) is 25.3. The lowest BCUT2D eigenvalue weighted by atomic mass is 9.75. The molecule has 0 unspecified atom stereocenters. The van der Waals surface area contributed by atoms with Crippen LogP contribution in [-0.4, -0.2) is 30.4 Å². The topological polar surface area (TPSA) is 0 Å². The van der Waals surface area contributed by atoms with Crippen molar-refractivity contribution in [1.29, 1.82) is 0 Å². The molecule has 0 atom stereocenters. The van der Waals surface area contributed by atoms with Crippen molar-refractivity contribution < 1.29 is 57.1 Å². The van der Waals surface area contributed by atoms with Crippen LogP contribution in [0.5, 0.6) is 0 Å². The Bertz CT molecular complexity index is 495. The van der Waals surface area contributed by atoms with E-state index >= 15 is 0 Å². The molecule has 0 aliphatic rings. The molecule has 0 aromatic heterocycles. The fraction of sp³-hybridized carbons (Fsp3) is 0.833. The second-order valence-electron chi connectivity index (χ2n) is 5.14. The number of hydrogen-bond acceptors (Lipinski definition) is 0. The number of hydrogen-bond donors (Lipinski definition) is 0. The lowest BCUT2D eigenvalue weighted by Gasteiger charge is -2.43. The van der Waals surface area contributed by atoms with Crippen molar-refractivity contribution in [2.45, 2.75) is 56.6 Å². The maximum Gasteiger partial charge on any atom is 0.459 e. The van der Waals surface area contributed by atoms with Crippen LogP contribution in [0.15, 0.2) is 10.6 Å². The van der Waals surface area contributed by atoms with Crippen molar-refractivity contribution in [1.82, 2.24) is 0 Å². The summed E-state index contributed by atoms with van der Waals surface area (Å²) in [5, 5.41) is 0. The van der Waals surface area contributed by atoms with Gasteiger partial charge in [0.15, 0.2) is 0 Å². The Morgan fingerprint density at radius 2 is 1.08 bits per heavy atom. The predicted molar refractivity (Wildman–Crippen MR) is 67.0 cm³/mol. The van der Waals surface area contributed by atoms with Gasteiger partial charge in [-0.25, -0.2) is 0 Å². The van der Waals surface area contributed by atoms with Crippen LogP contribution in [0.1, 0.15) is 26.2 Å². The number of halogens is 14. The number of alkyl halides is 13. The van der Waals surface area contributed by atoms with Gasteiger partial charge in [-0.15, -0.1) is 0 Å². The van der Waals surface area contributed by atoms with E-state index in [1.807, 2.05) is 0 Å². The summed E-state index contributed by atoms with van der Waals surface area (Å²) in [7, 11) is 0. The summed E-state index contributed by atoms with van der Waals surface area (Å²) < 4.78 is 167. The van der Waals surface area contributed by atoms with Crippen LogP contribution in [0.4, 0.5) is 57.1 Å². The van der Waals surface area contributed by atoms with Crippen LogP contribution in [0.2, 0.25) is 0 Å². The third-order valence-electron chi connectivity index (χ3n) is 3.28. The highest BCUT2D eigenvalue weighted by molar-refractivity contribution is 9.11. The van der Waals surface area contributed by atoms with Gasteiger partial charge in [-0.2, -0.15) is 57.1 Å². The molecule has 156 valence electrons. The van der Waals surface area contributed by atoms with E-state index in [9.17, 15) is 57.1 Å². The molecule has 0 heterocycles. The molecule has 0 bridgehead atoms. The van der Waals surface area contributed by atoms with Gasteiger partial charge in [0.25, 0.3) is 0 Å². The SMILES string of the molecule is CCCCC(Br)=CC(C(F)(F)F)(C(F)(F)F)C(F)(F)C(F)(F)C(F)(F)F. The highest BCUT2D eigenvalue weighted by Crippen LogP contribution is 2.66. The van der Waals surface area contributed by atoms with Crippen LogP contribution < -0.4 is 0 Å². The summed E-state index contributed by atoms with van der Waals surface area (Å²) in [5.41, 5.74) is -6.78. The van der Waals surface area contributed by atoms with Crippen molar-refractivity contribution in [3.8, 4) is 0 Å². The minimum absolute atomic E-state index is 0.149. The maximum atomic E-state index is 13.7. The fourth-order valence-corrected chi connectivity index (χ4v) is 2.47. The van der Waals surface area contributed by atoms with Crippen molar-refractivity contribution in [2.24, 2.45) is 5.41 Å². The van der Waals surface area contributed by atoms with Crippen LogP contribution in [0.3, 0.4) is 0 Å². The summed E-state index contributed by atoms with van der Waals surface area (Å²) >= 11 is 2.11. The van der Waals surface area contributed by atoms with E-state index < -0.39 is 52.8 Å². The lowest BCUT2D eigenvalue weighted by molar-refractivity contribution is -0.446. The molecule has 0 aliphatic heterocycles. The molecule has 0 fully saturated rings. The molecule has 0 nitrogen and oxygen atoms in total. The first-order chi connectivity index (χ1) is 11.2. The van der Waals surface area contributed by atoms with Gasteiger partial charge in [0.2, 0.25) is 5.41 Å². The Morgan fingerprint density at radius 1 is 0.692 bits per heavy atom. The fourth-order valence-electron chi connectivity index (χ4n) is 1.85. The Labute approximate surface area is 146 Å². The van der Waals surface area contributed by atoms with E-state index in [2.05, 4.69) is 15.9 Å². The molecule has 0 spiro atoms. The summed E-state index contributed by atoms with van der Waals surface area (Å²) in [6.45, 7) is 1.41. The minimum atomic E-state index is -7.63. The van der Waals surface area contributed by atoms with Crippen molar-refractivity contribution in [3.05, 3.63) is 10.6 Å². The number of rotatable bonds is 6. The molecular formula is C12H10BrF13. The van der Waals surface area contributed by atoms with Gasteiger partial charge in [-0.3, -0.25) is 0 Å². The molecule has 0 radical (unpaired) electrons. The quantitative estimate of drug-likeness (QED) is 0.347. The average molecular weight is 481 g/mol. The summed E-state index contributed by atoms with van der Waals surface area (Å²) in [6.07, 6.45) is -23.9. The molecule has 0 N–H and O–H groups in total. The van der Waals surface area contributed by atoms with Gasteiger partial charge < -0.3 is 0 Å². The molecule has 0 saturated carbocycles. The lowest BCUT2D eigenvalue weighted by Crippen LogP contribution is -2.69. The summed E-state index contributed by atoms with van der Waals surface area (Å²) in [6, 6.07) is 0. The highest BCUT2D eigenvalue weighted by atomic mass is 79.9. The van der Waals surface area contributed by atoms with Crippen molar-refractivity contribution in [2.75, 3.05) is 0 Å². The van der Waals surface area contributed by atoms with E-state index in [1.54, 1.807) is 0 Å². The molecule has 0 saturated heterocycles. The van der Waals surface area contributed by atoms with Crippen LogP contribution >= 0.6 is 15.9 Å². The third-order valence-corrected chi connectivity index (χ3v) is 3.91. The smallest absolute Gasteiger partial charge is 0.198 e. The third kappa shape index (κ3) is 4.08. The second kappa shape index (κ2) is 7.38. The van der Waals surface area contributed by atoms with E-state index in [0.29, 0.717) is 0 Å². The predicted octanol–water partition coefficient (Wildman–Crippen LogP) is 7.40. The number of unbranched alkanes of at least 4 members (excludes halogenated alkanes) is 1. The second-order valence-corrected chi connectivity index (χ2v) is 6.16. The summed E-state index contributed by atoms with van der Waals surface area (Å²) in [4.78, 5) is 0. The zero-order valence-electron chi connectivity index (χ0n) is 12.5. The van der Waals surface area contributed by atoms with Gasteiger partial charge >= 0.3 is 30.4 Å². The molecule has 0 aromatic carbocycles. The average Bonchev–Trinajstić information content (AvgIpc) is 2.37. The largest absolute Gasteiger partial charge is 0.459 e. The van der Waals surface area contributed by atoms with Gasteiger partial charge in [0.1, 0.15) is 0 Å². The summed E-state index contributed by atoms with van der Waals surface area (Å²) in [5.74, 6) is -15.3. The van der Waals surface area contributed by atoms with Crippen LogP contribution in [-0.2, 0) is 0 Å². The molecule has 0 aromatic rings. The standard InChI is InChI=1S/C12H10BrF13/c1-2-3-4-6(13)5-7(10(18,19)20,11(21,22)23)8(14,15)9(16,17)12(24,25)26/h5H,2-4H2,1H3. The first-order valence-corrected chi connectivity index (χ1v) is 7.33. The first-order valence-electron chi connectivity index (χ1n) is 6.53. The zero-order valence-corrected chi connectivity index (χ0v) is 14.1. The molecular weight excluding hydrogens is 471 g/mol. The normalized spacial score (nSPS) is 16.2. The van der Waals surface area contributed by atoms with Crippen molar-refractivity contribution >= 4 is 15.9 Å². The van der Waals surface area contributed by atoms with Crippen molar-refractivity contribution in [3.63, 3.8) is 0 Å². The molecule has 26 heavy (non-hydrogen) atoms. The van der Waals surface area contributed by atoms with E-state index in [-0.39, 0.29) is 12.8 Å². The zero-order chi connectivity index (χ0) is 21.4. The minimum Gasteiger partial charge on any atom is -0.198 e. The van der Waals surface area contributed by atoms with Gasteiger partial charge in [0.05, 0.1) is 0 Å². The van der Waals surface area contributed by atoms with E-state index in [0.717, 1.165) is 0 Å². The van der Waals surface area contributed by atoms with Gasteiger partial charge in [-0.05, 0) is 23.4 Å². The Kier molecular flexibility index (Phi) is 7.18. The van der Waals surface area contributed by atoms with E-state index in [1.165, 1.54) is 6.92 Å². The van der Waals surface area contributed by atoms with Crippen LogP contribution in [0.25, 0.3) is 0 Å². The Hall–Kier alpha value is -0.690. The van der Waals surface area contributed by atoms with Gasteiger partial charge in [0, 0.05) is 0 Å². The van der Waals surface area contributed by atoms with E-state index in [4.69, 9.17) is 0 Å². The highest BCUT2D eigenvalue weighted by Gasteiger charge is 2.91. The number of allylic oxidation sites excluding steroid dienone is 2. The molecule has 0 aliphatic carbocycles. The molecule has 0 amide bonds. The maximum absolute atomic E-state index is 13.7. The van der Waals surface area contributed by atoms with Gasteiger partial charge in [-0.1, -0.05) is 29.3 Å². The Balaban J connectivity index is 6.97. The van der Waals surface area contributed by atoms with Crippen LogP contribution in [0, 0.1) is 5.41 Å². The molecule has 0 rings (SSSR count). The molecule has 14 heteroatoms. The monoisotopic (exact) mass is 480 g/mol.